The van der Waals surface area contributed by atoms with E-state index in [0.29, 0.717) is 11.3 Å². The quantitative estimate of drug-likeness (QED) is 0.502. The number of benzene rings is 1. The van der Waals surface area contributed by atoms with Crippen molar-refractivity contribution in [2.24, 2.45) is 5.10 Å². The van der Waals surface area contributed by atoms with Gasteiger partial charge in [-0.05, 0) is 17.7 Å². The second kappa shape index (κ2) is 7.03. The lowest BCUT2D eigenvalue weighted by Crippen LogP contribution is -2.28. The number of ether oxygens (including phenoxy) is 1. The summed E-state index contributed by atoms with van der Waals surface area (Å²) in [5, 5.41) is 11.8. The second-order valence-corrected chi connectivity index (χ2v) is 6.08. The highest BCUT2D eigenvalue weighted by Crippen LogP contribution is 2.15. The minimum absolute atomic E-state index is 0.149. The second-order valence-electron chi connectivity index (χ2n) is 6.08. The fraction of sp³-hybridized carbons (Fsp3) is 0.312. The maximum absolute atomic E-state index is 12.0. The van der Waals surface area contributed by atoms with Gasteiger partial charge in [-0.2, -0.15) is 5.10 Å². The summed E-state index contributed by atoms with van der Waals surface area (Å²) in [5.74, 6) is -0.251. The van der Waals surface area contributed by atoms with Crippen LogP contribution in [0.1, 0.15) is 42.4 Å². The molecule has 0 unspecified atom stereocenters. The first kappa shape index (κ1) is 17.3. The molecule has 0 amide bonds. The standard InChI is InChI=1S/C16H19N5O3/c1-16(2,3)12-13(22)18-15(21-19-12)20-17-9-10-5-7-11(8-6-10)14(23)24-4/h5-9H,1-4H3,(H2,18,20,21,22). The van der Waals surface area contributed by atoms with Gasteiger partial charge in [0.1, 0.15) is 5.69 Å². The molecule has 0 aliphatic heterocycles. The van der Waals surface area contributed by atoms with Gasteiger partial charge >= 0.3 is 5.97 Å². The van der Waals surface area contributed by atoms with Crippen LogP contribution in [0, 0.1) is 0 Å². The molecule has 1 aromatic heterocycles. The number of hydrazone groups is 1. The Labute approximate surface area is 139 Å². The Bertz CT molecular complexity index is 804. The van der Waals surface area contributed by atoms with Crippen LogP contribution in [0.15, 0.2) is 34.2 Å². The van der Waals surface area contributed by atoms with Gasteiger partial charge in [-0.15, -0.1) is 10.2 Å². The molecule has 0 fully saturated rings. The minimum atomic E-state index is -0.400. The molecule has 0 radical (unpaired) electrons. The Morgan fingerprint density at radius 3 is 2.46 bits per heavy atom. The van der Waals surface area contributed by atoms with Crippen molar-refractivity contribution >= 4 is 18.1 Å². The summed E-state index contributed by atoms with van der Waals surface area (Å²) in [6.07, 6.45) is 1.53. The number of nitrogens with one attached hydrogen (secondary N) is 2. The Kier molecular flexibility index (Phi) is 5.08. The highest BCUT2D eigenvalue weighted by atomic mass is 16.5. The predicted molar refractivity (Wildman–Crippen MR) is 90.4 cm³/mol. The van der Waals surface area contributed by atoms with E-state index in [1.54, 1.807) is 24.3 Å². The van der Waals surface area contributed by atoms with Gasteiger partial charge in [0.15, 0.2) is 0 Å². The number of carbonyl (C=O) groups excluding carboxylic acids is 1. The highest BCUT2D eigenvalue weighted by Gasteiger charge is 2.20. The summed E-state index contributed by atoms with van der Waals surface area (Å²) in [6, 6.07) is 6.70. The van der Waals surface area contributed by atoms with Gasteiger partial charge in [-0.1, -0.05) is 32.9 Å². The van der Waals surface area contributed by atoms with Crippen molar-refractivity contribution in [3.05, 3.63) is 51.4 Å². The van der Waals surface area contributed by atoms with Crippen LogP contribution in [0.5, 0.6) is 0 Å². The van der Waals surface area contributed by atoms with Crippen LogP contribution in [0.25, 0.3) is 0 Å². The third-order valence-electron chi connectivity index (χ3n) is 3.12. The number of methoxy groups -OCH3 is 1. The van der Waals surface area contributed by atoms with Crippen LogP contribution >= 0.6 is 0 Å². The molecule has 0 saturated carbocycles. The molecular weight excluding hydrogens is 310 g/mol. The average Bonchev–Trinajstić information content (AvgIpc) is 2.53. The molecule has 1 heterocycles. The fourth-order valence-electron chi connectivity index (χ4n) is 1.87. The normalized spacial score (nSPS) is 11.5. The summed E-state index contributed by atoms with van der Waals surface area (Å²) in [5.41, 5.74) is 3.49. The van der Waals surface area contributed by atoms with E-state index in [-0.39, 0.29) is 16.9 Å². The summed E-state index contributed by atoms with van der Waals surface area (Å²) in [4.78, 5) is 25.9. The largest absolute Gasteiger partial charge is 0.465 e. The van der Waals surface area contributed by atoms with E-state index < -0.39 is 5.97 Å². The maximum atomic E-state index is 12.0. The van der Waals surface area contributed by atoms with Crippen LogP contribution in [-0.2, 0) is 10.2 Å². The zero-order valence-electron chi connectivity index (χ0n) is 14.0. The topological polar surface area (TPSA) is 109 Å². The molecule has 1 aromatic carbocycles. The van der Waals surface area contributed by atoms with Crippen LogP contribution in [-0.4, -0.2) is 34.5 Å². The van der Waals surface area contributed by atoms with Crippen molar-refractivity contribution in [1.82, 2.24) is 15.2 Å². The van der Waals surface area contributed by atoms with Crippen LogP contribution in [0.4, 0.5) is 5.95 Å². The van der Waals surface area contributed by atoms with Gasteiger partial charge in [-0.25, -0.2) is 10.2 Å². The number of rotatable bonds is 4. The summed E-state index contributed by atoms with van der Waals surface area (Å²) in [6.45, 7) is 5.65. The van der Waals surface area contributed by atoms with Crippen molar-refractivity contribution in [1.29, 1.82) is 0 Å². The van der Waals surface area contributed by atoms with E-state index in [2.05, 4.69) is 30.4 Å². The van der Waals surface area contributed by atoms with Gasteiger partial charge in [0, 0.05) is 5.41 Å². The molecule has 24 heavy (non-hydrogen) atoms. The minimum Gasteiger partial charge on any atom is -0.465 e. The van der Waals surface area contributed by atoms with Crippen molar-refractivity contribution < 1.29 is 9.53 Å². The third kappa shape index (κ3) is 4.25. The number of hydrogen-bond donors (Lipinski definition) is 2. The Morgan fingerprint density at radius 2 is 1.92 bits per heavy atom. The predicted octanol–water partition coefficient (Wildman–Crippen LogP) is 1.69. The van der Waals surface area contributed by atoms with Crippen LogP contribution < -0.4 is 11.0 Å². The van der Waals surface area contributed by atoms with Gasteiger partial charge in [0.05, 0.1) is 18.9 Å². The molecular formula is C16H19N5O3. The maximum Gasteiger partial charge on any atom is 0.337 e. The lowest BCUT2D eigenvalue weighted by atomic mass is 9.93. The lowest BCUT2D eigenvalue weighted by Gasteiger charge is -2.15. The molecule has 8 heteroatoms. The van der Waals surface area contributed by atoms with Crippen molar-refractivity contribution in [2.45, 2.75) is 26.2 Å². The molecule has 126 valence electrons. The first-order chi connectivity index (χ1) is 11.3. The van der Waals surface area contributed by atoms with Crippen molar-refractivity contribution in [3.8, 4) is 0 Å². The number of carbonyl (C=O) groups is 1. The molecule has 0 aliphatic rings. The first-order valence-electron chi connectivity index (χ1n) is 7.26. The SMILES string of the molecule is COC(=O)c1ccc(C=NNc2nnc(C(C)(C)C)c(=O)[nH]2)cc1. The van der Waals surface area contributed by atoms with E-state index in [9.17, 15) is 9.59 Å². The molecule has 2 N–H and O–H groups in total. The molecule has 0 saturated heterocycles. The van der Waals surface area contributed by atoms with E-state index in [4.69, 9.17) is 0 Å². The number of anilines is 1. The number of aromatic nitrogens is 3. The highest BCUT2D eigenvalue weighted by molar-refractivity contribution is 5.90. The van der Waals surface area contributed by atoms with Gasteiger partial charge in [-0.3, -0.25) is 9.78 Å². The molecule has 0 aliphatic carbocycles. The smallest absolute Gasteiger partial charge is 0.337 e. The Hall–Kier alpha value is -3.03. The molecule has 0 atom stereocenters. The molecule has 0 bridgehead atoms. The monoisotopic (exact) mass is 329 g/mol. The van der Waals surface area contributed by atoms with E-state index in [0.717, 1.165) is 5.56 Å². The van der Waals surface area contributed by atoms with Crippen LogP contribution in [0.2, 0.25) is 0 Å². The van der Waals surface area contributed by atoms with Crippen LogP contribution in [0.3, 0.4) is 0 Å². The number of aromatic amines is 1. The number of esters is 1. The molecule has 2 aromatic rings. The number of H-pyrrole nitrogens is 1. The number of nitrogens with zero attached hydrogens (tertiary/aromatic N) is 3. The van der Waals surface area contributed by atoms with E-state index in [1.165, 1.54) is 13.3 Å². The molecule has 0 spiro atoms. The van der Waals surface area contributed by atoms with Crippen molar-refractivity contribution in [2.75, 3.05) is 12.5 Å². The van der Waals surface area contributed by atoms with Crippen molar-refractivity contribution in [3.63, 3.8) is 0 Å². The third-order valence-corrected chi connectivity index (χ3v) is 3.12. The average molecular weight is 329 g/mol. The Morgan fingerprint density at radius 1 is 1.25 bits per heavy atom. The first-order valence-corrected chi connectivity index (χ1v) is 7.26. The van der Waals surface area contributed by atoms with Gasteiger partial charge < -0.3 is 4.74 Å². The number of hydrogen-bond acceptors (Lipinski definition) is 7. The lowest BCUT2D eigenvalue weighted by molar-refractivity contribution is 0.0600. The fourth-order valence-corrected chi connectivity index (χ4v) is 1.87. The van der Waals surface area contributed by atoms with E-state index >= 15 is 0 Å². The molecule has 8 nitrogen and oxygen atoms in total. The summed E-state index contributed by atoms with van der Waals surface area (Å²) in [7, 11) is 1.33. The zero-order chi connectivity index (χ0) is 17.7. The van der Waals surface area contributed by atoms with Gasteiger partial charge in [0.25, 0.3) is 5.56 Å². The summed E-state index contributed by atoms with van der Waals surface area (Å²) < 4.78 is 4.63. The molecule has 2 rings (SSSR count). The Balaban J connectivity index is 2.05. The summed E-state index contributed by atoms with van der Waals surface area (Å²) >= 11 is 0. The van der Waals surface area contributed by atoms with E-state index in [1.807, 2.05) is 20.8 Å². The van der Waals surface area contributed by atoms with Gasteiger partial charge in [0.2, 0.25) is 5.95 Å². The zero-order valence-corrected chi connectivity index (χ0v) is 14.0.